The minimum absolute atomic E-state index is 0.0490. The molecule has 0 aromatic heterocycles. The summed E-state index contributed by atoms with van der Waals surface area (Å²) >= 11 is 0. The molecule has 2 aromatic carbocycles. The van der Waals surface area contributed by atoms with E-state index in [1.54, 1.807) is 0 Å². The number of sulfonamides is 1. The molecular weight excluding hydrogens is 360 g/mol. The van der Waals surface area contributed by atoms with Gasteiger partial charge in [0, 0.05) is 25.6 Å². The van der Waals surface area contributed by atoms with Crippen LogP contribution < -0.4 is 5.32 Å². The summed E-state index contributed by atoms with van der Waals surface area (Å²) in [6.45, 7) is 3.65. The van der Waals surface area contributed by atoms with Crippen molar-refractivity contribution in [2.75, 3.05) is 25.9 Å². The number of rotatable bonds is 6. The first kappa shape index (κ1) is 19.8. The highest BCUT2D eigenvalue weighted by atomic mass is 32.2. The van der Waals surface area contributed by atoms with E-state index in [4.69, 9.17) is 0 Å². The van der Waals surface area contributed by atoms with Crippen LogP contribution in [0.15, 0.2) is 42.5 Å². The Kier molecular flexibility index (Phi) is 6.17. The molecule has 27 heavy (non-hydrogen) atoms. The highest BCUT2D eigenvalue weighted by Crippen LogP contribution is 2.22. The van der Waals surface area contributed by atoms with Gasteiger partial charge in [-0.2, -0.15) is 0 Å². The van der Waals surface area contributed by atoms with E-state index < -0.39 is 10.0 Å². The zero-order chi connectivity index (χ0) is 19.4. The van der Waals surface area contributed by atoms with Crippen LogP contribution in [0.5, 0.6) is 0 Å². The molecule has 1 aliphatic heterocycles. The zero-order valence-corrected chi connectivity index (χ0v) is 16.8. The molecular formula is C21H28N2O3S. The van der Waals surface area contributed by atoms with E-state index in [2.05, 4.69) is 48.6 Å². The number of fused-ring (bicyclic) bond motifs is 1. The normalized spacial score (nSPS) is 17.7. The quantitative estimate of drug-likeness (QED) is 0.827. The van der Waals surface area contributed by atoms with Crippen molar-refractivity contribution in [3.63, 3.8) is 0 Å². The predicted molar refractivity (Wildman–Crippen MR) is 109 cm³/mol. The molecule has 2 aromatic rings. The first-order valence-electron chi connectivity index (χ1n) is 9.54. The summed E-state index contributed by atoms with van der Waals surface area (Å²) in [5.74, 6) is 0.288. The topological polar surface area (TPSA) is 66.5 Å². The molecule has 1 amide bonds. The summed E-state index contributed by atoms with van der Waals surface area (Å²) in [6.07, 6.45) is 3.32. The molecule has 0 radical (unpaired) electrons. The van der Waals surface area contributed by atoms with E-state index in [-0.39, 0.29) is 11.8 Å². The third kappa shape index (κ3) is 5.08. The maximum Gasteiger partial charge on any atom is 0.223 e. The van der Waals surface area contributed by atoms with Crippen molar-refractivity contribution in [1.82, 2.24) is 9.62 Å². The Balaban J connectivity index is 1.50. The van der Waals surface area contributed by atoms with Crippen molar-refractivity contribution >= 4 is 26.7 Å². The average molecular weight is 389 g/mol. The highest BCUT2D eigenvalue weighted by Gasteiger charge is 2.28. The SMILES string of the molecule is C[C@@H](CNC(=O)C1CCN(S(C)(=O)=O)CC1)Cc1cccc2ccccc12. The van der Waals surface area contributed by atoms with Crippen LogP contribution in [0.1, 0.15) is 25.3 Å². The first-order valence-corrected chi connectivity index (χ1v) is 11.4. The van der Waals surface area contributed by atoms with E-state index in [0.717, 1.165) is 6.42 Å². The van der Waals surface area contributed by atoms with E-state index >= 15 is 0 Å². The van der Waals surface area contributed by atoms with Crippen molar-refractivity contribution < 1.29 is 13.2 Å². The fraction of sp³-hybridized carbons (Fsp3) is 0.476. The number of nitrogens with zero attached hydrogens (tertiary/aromatic N) is 1. The van der Waals surface area contributed by atoms with Crippen LogP contribution in [0.25, 0.3) is 10.8 Å². The van der Waals surface area contributed by atoms with Crippen LogP contribution in [0.3, 0.4) is 0 Å². The lowest BCUT2D eigenvalue weighted by molar-refractivity contribution is -0.126. The fourth-order valence-electron chi connectivity index (χ4n) is 3.79. The first-order chi connectivity index (χ1) is 12.8. The number of carbonyl (C=O) groups is 1. The lowest BCUT2D eigenvalue weighted by atomic mass is 9.94. The molecule has 1 aliphatic rings. The third-order valence-electron chi connectivity index (χ3n) is 5.37. The molecule has 1 atom stereocenters. The van der Waals surface area contributed by atoms with E-state index in [0.29, 0.717) is 38.4 Å². The van der Waals surface area contributed by atoms with Gasteiger partial charge in [0.1, 0.15) is 0 Å². The predicted octanol–water partition coefficient (Wildman–Crippen LogP) is 2.81. The van der Waals surface area contributed by atoms with Crippen LogP contribution in [0.2, 0.25) is 0 Å². The molecule has 1 heterocycles. The lowest BCUT2D eigenvalue weighted by Gasteiger charge is -2.29. The second-order valence-electron chi connectivity index (χ2n) is 7.63. The van der Waals surface area contributed by atoms with Gasteiger partial charge in [0.25, 0.3) is 0 Å². The van der Waals surface area contributed by atoms with Crippen LogP contribution in [0, 0.1) is 11.8 Å². The lowest BCUT2D eigenvalue weighted by Crippen LogP contribution is -2.43. The largest absolute Gasteiger partial charge is 0.356 e. The Morgan fingerprint density at radius 1 is 1.15 bits per heavy atom. The standard InChI is InChI=1S/C21H28N2O3S/c1-16(14-19-8-5-7-17-6-3-4-9-20(17)19)15-22-21(24)18-10-12-23(13-11-18)27(2,25)26/h3-9,16,18H,10-15H2,1-2H3,(H,22,24)/t16-/m1/s1. The third-order valence-corrected chi connectivity index (χ3v) is 6.67. The van der Waals surface area contributed by atoms with Crippen LogP contribution in [0.4, 0.5) is 0 Å². The number of hydrogen-bond donors (Lipinski definition) is 1. The van der Waals surface area contributed by atoms with Crippen molar-refractivity contribution in [2.24, 2.45) is 11.8 Å². The summed E-state index contributed by atoms with van der Waals surface area (Å²) in [5, 5.41) is 5.58. The minimum atomic E-state index is -3.15. The van der Waals surface area contributed by atoms with Gasteiger partial charge in [0.15, 0.2) is 0 Å². The Morgan fingerprint density at radius 2 is 1.81 bits per heavy atom. The summed E-state index contributed by atoms with van der Waals surface area (Å²) in [4.78, 5) is 12.4. The van der Waals surface area contributed by atoms with Gasteiger partial charge in [0.2, 0.25) is 15.9 Å². The molecule has 0 saturated carbocycles. The van der Waals surface area contributed by atoms with Gasteiger partial charge in [-0.1, -0.05) is 49.4 Å². The minimum Gasteiger partial charge on any atom is -0.356 e. The molecule has 3 rings (SSSR count). The maximum absolute atomic E-state index is 12.4. The number of nitrogens with one attached hydrogen (secondary N) is 1. The summed E-state index contributed by atoms with van der Waals surface area (Å²) < 4.78 is 24.6. The van der Waals surface area contributed by atoms with E-state index in [1.165, 1.54) is 26.9 Å². The summed E-state index contributed by atoms with van der Waals surface area (Å²) in [7, 11) is -3.15. The van der Waals surface area contributed by atoms with Crippen molar-refractivity contribution in [1.29, 1.82) is 0 Å². The molecule has 0 unspecified atom stereocenters. The van der Waals surface area contributed by atoms with Gasteiger partial charge in [-0.3, -0.25) is 4.79 Å². The molecule has 0 spiro atoms. The van der Waals surface area contributed by atoms with Crippen molar-refractivity contribution in [3.05, 3.63) is 48.0 Å². The van der Waals surface area contributed by atoms with Crippen LogP contribution in [-0.4, -0.2) is 44.5 Å². The van der Waals surface area contributed by atoms with Crippen LogP contribution in [-0.2, 0) is 21.2 Å². The van der Waals surface area contributed by atoms with E-state index in [1.807, 2.05) is 6.07 Å². The molecule has 0 bridgehead atoms. The molecule has 1 saturated heterocycles. The molecule has 1 fully saturated rings. The smallest absolute Gasteiger partial charge is 0.223 e. The maximum atomic E-state index is 12.4. The van der Waals surface area contributed by atoms with Gasteiger partial charge in [-0.25, -0.2) is 12.7 Å². The Morgan fingerprint density at radius 3 is 2.52 bits per heavy atom. The molecule has 6 heteroatoms. The molecule has 146 valence electrons. The van der Waals surface area contributed by atoms with Gasteiger partial charge in [-0.15, -0.1) is 0 Å². The number of piperidine rings is 1. The number of carbonyl (C=O) groups excluding carboxylic acids is 1. The van der Waals surface area contributed by atoms with Gasteiger partial charge >= 0.3 is 0 Å². The van der Waals surface area contributed by atoms with E-state index in [9.17, 15) is 13.2 Å². The Bertz CT molecular complexity index is 897. The molecule has 5 nitrogen and oxygen atoms in total. The second-order valence-corrected chi connectivity index (χ2v) is 9.61. The number of hydrogen-bond acceptors (Lipinski definition) is 3. The fourth-order valence-corrected chi connectivity index (χ4v) is 4.66. The monoisotopic (exact) mass is 388 g/mol. The van der Waals surface area contributed by atoms with Crippen molar-refractivity contribution in [3.8, 4) is 0 Å². The average Bonchev–Trinajstić information content (AvgIpc) is 2.66. The van der Waals surface area contributed by atoms with Gasteiger partial charge in [0.05, 0.1) is 6.26 Å². The van der Waals surface area contributed by atoms with Gasteiger partial charge < -0.3 is 5.32 Å². The number of amides is 1. The highest BCUT2D eigenvalue weighted by molar-refractivity contribution is 7.88. The number of benzene rings is 2. The molecule has 1 N–H and O–H groups in total. The summed E-state index contributed by atoms with van der Waals surface area (Å²) in [5.41, 5.74) is 1.30. The zero-order valence-electron chi connectivity index (χ0n) is 16.0. The Hall–Kier alpha value is -1.92. The van der Waals surface area contributed by atoms with Gasteiger partial charge in [-0.05, 0) is 41.5 Å². The summed E-state index contributed by atoms with van der Waals surface area (Å²) in [6, 6.07) is 14.7. The second kappa shape index (κ2) is 8.40. The van der Waals surface area contributed by atoms with Crippen LogP contribution >= 0.6 is 0 Å². The van der Waals surface area contributed by atoms with Crippen molar-refractivity contribution in [2.45, 2.75) is 26.2 Å². The Labute approximate surface area is 161 Å². The molecule has 0 aliphatic carbocycles.